The first-order valence-corrected chi connectivity index (χ1v) is 12.7. The van der Waals surface area contributed by atoms with Crippen molar-refractivity contribution < 1.29 is 0 Å². The van der Waals surface area contributed by atoms with Crippen molar-refractivity contribution >= 4 is 55.7 Å². The van der Waals surface area contributed by atoms with Gasteiger partial charge in [0.05, 0.1) is 17.1 Å². The number of hydrogen-bond donors (Lipinski definition) is 1. The van der Waals surface area contributed by atoms with Crippen LogP contribution in [0.15, 0.2) is 132 Å². The molecule has 0 amide bonds. The van der Waals surface area contributed by atoms with Crippen molar-refractivity contribution in [2.75, 3.05) is 10.6 Å². The van der Waals surface area contributed by atoms with E-state index in [0.717, 1.165) is 33.5 Å². The number of fused-ring (bicyclic) bond motifs is 2. The van der Waals surface area contributed by atoms with Crippen molar-refractivity contribution in [2.24, 2.45) is 10.2 Å². The zero-order valence-corrected chi connectivity index (χ0v) is 21.5. The summed E-state index contributed by atoms with van der Waals surface area (Å²) >= 11 is 0. The predicted octanol–water partition coefficient (Wildman–Crippen LogP) is 10.1. The first kappa shape index (κ1) is 23.4. The maximum atomic E-state index is 6.25. The molecule has 0 heterocycles. The number of rotatable bonds is 5. The van der Waals surface area contributed by atoms with Gasteiger partial charge in [-0.2, -0.15) is 5.11 Å². The van der Waals surface area contributed by atoms with E-state index in [1.807, 2.05) is 42.5 Å². The third kappa shape index (κ3) is 4.37. The summed E-state index contributed by atoms with van der Waals surface area (Å²) in [6, 6.07) is 41.7. The molecular weight excluding hydrogens is 464 g/mol. The minimum absolute atomic E-state index is 0.612. The normalized spacial score (nSPS) is 11.4. The molecule has 0 saturated carbocycles. The Hall–Kier alpha value is -4.96. The van der Waals surface area contributed by atoms with E-state index in [1.54, 1.807) is 0 Å². The van der Waals surface area contributed by atoms with Crippen LogP contribution in [-0.4, -0.2) is 0 Å². The fraction of sp³-hybridized carbons (Fsp3) is 0.0588. The molecule has 0 spiro atoms. The smallest absolute Gasteiger partial charge is 0.116 e. The second kappa shape index (κ2) is 9.83. The maximum Gasteiger partial charge on any atom is 0.116 e. The van der Waals surface area contributed by atoms with E-state index in [4.69, 9.17) is 5.73 Å². The van der Waals surface area contributed by atoms with Gasteiger partial charge < -0.3 is 10.6 Å². The van der Waals surface area contributed by atoms with Gasteiger partial charge >= 0.3 is 0 Å². The van der Waals surface area contributed by atoms with Crippen LogP contribution in [0.4, 0.5) is 34.1 Å². The SMILES string of the molecule is Cc1ccc(N(c2ccc(N=Nc3c(N)ccc4ccccc34)cc2)c2ccc(C)c3ccccc23)cc1. The number of benzene rings is 6. The summed E-state index contributed by atoms with van der Waals surface area (Å²) in [5.74, 6) is 0. The molecule has 0 unspecified atom stereocenters. The van der Waals surface area contributed by atoms with E-state index in [2.05, 4.69) is 108 Å². The second-order valence-electron chi connectivity index (χ2n) is 9.56. The second-order valence-corrected chi connectivity index (χ2v) is 9.56. The number of nitrogens with zero attached hydrogens (tertiary/aromatic N) is 3. The molecule has 6 rings (SSSR count). The van der Waals surface area contributed by atoms with Crippen molar-refractivity contribution in [3.63, 3.8) is 0 Å². The van der Waals surface area contributed by atoms with Gasteiger partial charge in [0.25, 0.3) is 0 Å². The quantitative estimate of drug-likeness (QED) is 0.192. The highest BCUT2D eigenvalue weighted by molar-refractivity contribution is 6.00. The molecule has 4 heteroatoms. The zero-order chi connectivity index (χ0) is 26.1. The summed E-state index contributed by atoms with van der Waals surface area (Å²) in [4.78, 5) is 2.30. The van der Waals surface area contributed by atoms with Crippen molar-refractivity contribution in [1.29, 1.82) is 0 Å². The fourth-order valence-electron chi connectivity index (χ4n) is 4.91. The Morgan fingerprint density at radius 3 is 1.92 bits per heavy atom. The number of hydrogen-bond acceptors (Lipinski definition) is 4. The van der Waals surface area contributed by atoms with Gasteiger partial charge in [0.2, 0.25) is 0 Å². The first-order chi connectivity index (χ1) is 18.6. The zero-order valence-electron chi connectivity index (χ0n) is 21.5. The van der Waals surface area contributed by atoms with Crippen LogP contribution in [0.5, 0.6) is 0 Å². The monoisotopic (exact) mass is 492 g/mol. The topological polar surface area (TPSA) is 54.0 Å². The van der Waals surface area contributed by atoms with Gasteiger partial charge in [0.15, 0.2) is 0 Å². The van der Waals surface area contributed by atoms with Crippen molar-refractivity contribution in [3.8, 4) is 0 Å². The average molecular weight is 493 g/mol. The molecule has 38 heavy (non-hydrogen) atoms. The number of anilines is 4. The van der Waals surface area contributed by atoms with Crippen LogP contribution in [0, 0.1) is 13.8 Å². The molecule has 0 radical (unpaired) electrons. The molecule has 6 aromatic rings. The summed E-state index contributed by atoms with van der Waals surface area (Å²) in [6.07, 6.45) is 0. The lowest BCUT2D eigenvalue weighted by Gasteiger charge is -2.27. The van der Waals surface area contributed by atoms with Crippen LogP contribution in [0.3, 0.4) is 0 Å². The molecule has 184 valence electrons. The number of azo groups is 1. The van der Waals surface area contributed by atoms with Crippen molar-refractivity contribution in [1.82, 2.24) is 0 Å². The highest BCUT2D eigenvalue weighted by atomic mass is 15.1. The Morgan fingerprint density at radius 1 is 0.553 bits per heavy atom. The molecule has 4 nitrogen and oxygen atoms in total. The van der Waals surface area contributed by atoms with Gasteiger partial charge in [0.1, 0.15) is 5.69 Å². The predicted molar refractivity (Wildman–Crippen MR) is 161 cm³/mol. The molecule has 0 fully saturated rings. The Labute approximate surface area is 222 Å². The fourth-order valence-corrected chi connectivity index (χ4v) is 4.91. The number of nitrogen functional groups attached to an aromatic ring is 1. The third-order valence-electron chi connectivity index (χ3n) is 6.96. The molecule has 0 aliphatic rings. The first-order valence-electron chi connectivity index (χ1n) is 12.7. The summed E-state index contributed by atoms with van der Waals surface area (Å²) in [5, 5.41) is 13.6. The third-order valence-corrected chi connectivity index (χ3v) is 6.96. The van der Waals surface area contributed by atoms with Gasteiger partial charge in [-0.3, -0.25) is 0 Å². The van der Waals surface area contributed by atoms with E-state index in [1.165, 1.54) is 21.9 Å². The molecule has 0 atom stereocenters. The lowest BCUT2D eigenvalue weighted by molar-refractivity contribution is 1.23. The Balaban J connectivity index is 1.41. The summed E-state index contributed by atoms with van der Waals surface area (Å²) in [6.45, 7) is 4.27. The lowest BCUT2D eigenvalue weighted by Crippen LogP contribution is -2.10. The lowest BCUT2D eigenvalue weighted by atomic mass is 10.0. The molecule has 0 aromatic heterocycles. The largest absolute Gasteiger partial charge is 0.397 e. The maximum absolute atomic E-state index is 6.25. The van der Waals surface area contributed by atoms with Gasteiger partial charge in [-0.1, -0.05) is 78.4 Å². The highest BCUT2D eigenvalue weighted by Crippen LogP contribution is 2.40. The van der Waals surface area contributed by atoms with E-state index in [0.29, 0.717) is 11.4 Å². The summed E-state index contributed by atoms with van der Waals surface area (Å²) in [7, 11) is 0. The van der Waals surface area contributed by atoms with Gasteiger partial charge in [0, 0.05) is 22.1 Å². The number of aryl methyl sites for hydroxylation is 2. The molecule has 2 N–H and O–H groups in total. The van der Waals surface area contributed by atoms with Crippen LogP contribution < -0.4 is 10.6 Å². The molecule has 0 bridgehead atoms. The Morgan fingerprint density at radius 2 is 1.18 bits per heavy atom. The molecule has 0 aliphatic carbocycles. The van der Waals surface area contributed by atoms with Gasteiger partial charge in [-0.05, 0) is 78.7 Å². The molecule has 0 saturated heterocycles. The van der Waals surface area contributed by atoms with Crippen LogP contribution in [0.25, 0.3) is 21.5 Å². The minimum Gasteiger partial charge on any atom is -0.397 e. The van der Waals surface area contributed by atoms with E-state index in [-0.39, 0.29) is 0 Å². The van der Waals surface area contributed by atoms with Crippen LogP contribution >= 0.6 is 0 Å². The Bertz CT molecular complexity index is 1790. The summed E-state index contributed by atoms with van der Waals surface area (Å²) < 4.78 is 0. The number of nitrogens with two attached hydrogens (primary N) is 1. The molecule has 0 aliphatic heterocycles. The van der Waals surface area contributed by atoms with Crippen molar-refractivity contribution in [3.05, 3.63) is 132 Å². The standard InChI is InChI=1S/C34H28N4/c1-23-11-17-27(18-12-23)38(33-22-13-24(2)29-8-5-6-10-31(29)33)28-19-15-26(16-20-28)36-37-34-30-9-4-3-7-25(30)14-21-32(34)35/h3-22H,35H2,1-2H3. The van der Waals surface area contributed by atoms with Crippen LogP contribution in [-0.2, 0) is 0 Å². The van der Waals surface area contributed by atoms with E-state index in [9.17, 15) is 0 Å². The van der Waals surface area contributed by atoms with Gasteiger partial charge in [-0.25, -0.2) is 0 Å². The van der Waals surface area contributed by atoms with E-state index < -0.39 is 0 Å². The molecular formula is C34H28N4. The van der Waals surface area contributed by atoms with Crippen LogP contribution in [0.1, 0.15) is 11.1 Å². The summed E-state index contributed by atoms with van der Waals surface area (Å²) in [5.41, 5.74) is 14.1. The van der Waals surface area contributed by atoms with E-state index >= 15 is 0 Å². The van der Waals surface area contributed by atoms with Crippen LogP contribution in [0.2, 0.25) is 0 Å². The molecule has 6 aromatic carbocycles. The van der Waals surface area contributed by atoms with Crippen molar-refractivity contribution in [2.45, 2.75) is 13.8 Å². The van der Waals surface area contributed by atoms with Gasteiger partial charge in [-0.15, -0.1) is 5.11 Å². The average Bonchev–Trinajstić information content (AvgIpc) is 2.96. The highest BCUT2D eigenvalue weighted by Gasteiger charge is 2.16. The Kier molecular flexibility index (Phi) is 6.06. The minimum atomic E-state index is 0.612.